The summed E-state index contributed by atoms with van der Waals surface area (Å²) >= 11 is 0. The average molecular weight is 278 g/mol. The molecule has 0 radical (unpaired) electrons. The number of carboxylic acid groups (broad SMARTS) is 1. The van der Waals surface area contributed by atoms with E-state index in [9.17, 15) is 9.59 Å². The monoisotopic (exact) mass is 278 g/mol. The fourth-order valence-corrected chi connectivity index (χ4v) is 1.89. The van der Waals surface area contributed by atoms with Crippen LogP contribution in [0.3, 0.4) is 0 Å². The molecule has 0 saturated heterocycles. The highest BCUT2D eigenvalue weighted by atomic mass is 16.4. The van der Waals surface area contributed by atoms with Gasteiger partial charge in [-0.2, -0.15) is 0 Å². The van der Waals surface area contributed by atoms with Gasteiger partial charge in [-0.3, -0.25) is 9.59 Å². The van der Waals surface area contributed by atoms with E-state index in [1.807, 2.05) is 30.3 Å². The quantitative estimate of drug-likeness (QED) is 0.601. The van der Waals surface area contributed by atoms with Crippen LogP contribution in [0.2, 0.25) is 0 Å². The standard InChI is InChI=1S/C15H22N2O3/c16-14(12-8-4-3-5-9-12)15(20)17-11-7-2-1-6-10-13(18)19/h3-5,8-9,14H,1-2,6-7,10-11,16H2,(H,17,20)(H,18,19). The van der Waals surface area contributed by atoms with Gasteiger partial charge in [-0.25, -0.2) is 0 Å². The average Bonchev–Trinajstić information content (AvgIpc) is 2.45. The van der Waals surface area contributed by atoms with Crippen molar-refractivity contribution >= 4 is 11.9 Å². The Hall–Kier alpha value is -1.88. The van der Waals surface area contributed by atoms with Crippen molar-refractivity contribution in [3.05, 3.63) is 35.9 Å². The molecule has 0 aliphatic rings. The van der Waals surface area contributed by atoms with E-state index >= 15 is 0 Å². The molecule has 0 aliphatic carbocycles. The second-order valence-corrected chi connectivity index (χ2v) is 4.74. The van der Waals surface area contributed by atoms with Crippen LogP contribution in [-0.4, -0.2) is 23.5 Å². The van der Waals surface area contributed by atoms with Crippen LogP contribution in [0.5, 0.6) is 0 Å². The summed E-state index contributed by atoms with van der Waals surface area (Å²) in [7, 11) is 0. The van der Waals surface area contributed by atoms with Crippen molar-refractivity contribution in [1.82, 2.24) is 5.32 Å². The van der Waals surface area contributed by atoms with Crippen LogP contribution in [0.15, 0.2) is 30.3 Å². The first-order valence-corrected chi connectivity index (χ1v) is 6.91. The third-order valence-electron chi connectivity index (χ3n) is 3.06. The second kappa shape index (κ2) is 9.09. The summed E-state index contributed by atoms with van der Waals surface area (Å²) in [5, 5.41) is 11.3. The minimum absolute atomic E-state index is 0.179. The molecule has 5 nitrogen and oxygen atoms in total. The Labute approximate surface area is 119 Å². The molecule has 1 aromatic carbocycles. The highest BCUT2D eigenvalue weighted by Gasteiger charge is 2.14. The lowest BCUT2D eigenvalue weighted by Crippen LogP contribution is -2.34. The van der Waals surface area contributed by atoms with E-state index in [4.69, 9.17) is 10.8 Å². The number of hydrogen-bond donors (Lipinski definition) is 3. The predicted molar refractivity (Wildman–Crippen MR) is 77.1 cm³/mol. The predicted octanol–water partition coefficient (Wildman–Crippen LogP) is 1.84. The third kappa shape index (κ3) is 6.33. The Bertz CT molecular complexity index is 420. The molecule has 0 spiro atoms. The zero-order chi connectivity index (χ0) is 14.8. The smallest absolute Gasteiger partial charge is 0.303 e. The van der Waals surface area contributed by atoms with Crippen molar-refractivity contribution in [2.45, 2.75) is 38.1 Å². The highest BCUT2D eigenvalue weighted by molar-refractivity contribution is 5.82. The van der Waals surface area contributed by atoms with Gasteiger partial charge >= 0.3 is 5.97 Å². The fraction of sp³-hybridized carbons (Fsp3) is 0.467. The van der Waals surface area contributed by atoms with Crippen molar-refractivity contribution in [1.29, 1.82) is 0 Å². The molecule has 110 valence electrons. The number of hydrogen-bond acceptors (Lipinski definition) is 3. The third-order valence-corrected chi connectivity index (χ3v) is 3.06. The number of unbranched alkanes of at least 4 members (excludes halogenated alkanes) is 3. The van der Waals surface area contributed by atoms with E-state index in [1.165, 1.54) is 0 Å². The number of amides is 1. The van der Waals surface area contributed by atoms with Crippen LogP contribution >= 0.6 is 0 Å². The Kier molecular flexibility index (Phi) is 7.35. The summed E-state index contributed by atoms with van der Waals surface area (Å²) in [6, 6.07) is 8.61. The maximum absolute atomic E-state index is 11.8. The Morgan fingerprint density at radius 3 is 2.40 bits per heavy atom. The van der Waals surface area contributed by atoms with Gasteiger partial charge in [0.05, 0.1) is 0 Å². The number of carboxylic acids is 1. The summed E-state index contributed by atoms with van der Waals surface area (Å²) in [6.07, 6.45) is 3.52. The lowest BCUT2D eigenvalue weighted by Gasteiger charge is -2.12. The summed E-state index contributed by atoms with van der Waals surface area (Å²) in [5.74, 6) is -0.936. The minimum atomic E-state index is -0.757. The van der Waals surface area contributed by atoms with E-state index < -0.39 is 12.0 Å². The van der Waals surface area contributed by atoms with Crippen LogP contribution in [-0.2, 0) is 9.59 Å². The number of carbonyl (C=O) groups excluding carboxylic acids is 1. The molecular weight excluding hydrogens is 256 g/mol. The topological polar surface area (TPSA) is 92.4 Å². The second-order valence-electron chi connectivity index (χ2n) is 4.74. The molecule has 0 aliphatic heterocycles. The summed E-state index contributed by atoms with van der Waals surface area (Å²) in [6.45, 7) is 0.576. The van der Waals surface area contributed by atoms with Crippen LogP contribution < -0.4 is 11.1 Å². The largest absolute Gasteiger partial charge is 0.481 e. The van der Waals surface area contributed by atoms with Crippen LogP contribution in [0.1, 0.15) is 43.7 Å². The first-order chi connectivity index (χ1) is 9.61. The number of nitrogens with two attached hydrogens (primary N) is 1. The SMILES string of the molecule is NC(C(=O)NCCCCCCC(=O)O)c1ccccc1. The van der Waals surface area contributed by atoms with Gasteiger partial charge < -0.3 is 16.2 Å². The van der Waals surface area contributed by atoms with Crippen molar-refractivity contribution in [2.75, 3.05) is 6.54 Å². The van der Waals surface area contributed by atoms with Crippen LogP contribution in [0.25, 0.3) is 0 Å². The minimum Gasteiger partial charge on any atom is -0.481 e. The van der Waals surface area contributed by atoms with Crippen molar-refractivity contribution in [3.8, 4) is 0 Å². The van der Waals surface area contributed by atoms with E-state index in [2.05, 4.69) is 5.32 Å². The fourth-order valence-electron chi connectivity index (χ4n) is 1.89. The van der Waals surface area contributed by atoms with E-state index in [1.54, 1.807) is 0 Å². The van der Waals surface area contributed by atoms with Crippen LogP contribution in [0, 0.1) is 0 Å². The van der Waals surface area contributed by atoms with Gasteiger partial charge in [0, 0.05) is 13.0 Å². The molecule has 0 saturated carbocycles. The maximum atomic E-state index is 11.8. The normalized spacial score (nSPS) is 11.8. The molecule has 1 atom stereocenters. The van der Waals surface area contributed by atoms with Crippen molar-refractivity contribution in [3.63, 3.8) is 0 Å². The number of carbonyl (C=O) groups is 2. The molecule has 1 rings (SSSR count). The first-order valence-electron chi connectivity index (χ1n) is 6.91. The van der Waals surface area contributed by atoms with Gasteiger partial charge in [0.25, 0.3) is 0 Å². The van der Waals surface area contributed by atoms with Gasteiger partial charge in [0.15, 0.2) is 0 Å². The number of benzene rings is 1. The van der Waals surface area contributed by atoms with E-state index in [-0.39, 0.29) is 12.3 Å². The molecule has 4 N–H and O–H groups in total. The summed E-state index contributed by atoms with van der Waals surface area (Å²) in [5.41, 5.74) is 6.65. The van der Waals surface area contributed by atoms with Gasteiger partial charge in [-0.1, -0.05) is 43.2 Å². The highest BCUT2D eigenvalue weighted by Crippen LogP contribution is 2.09. The molecule has 1 unspecified atom stereocenters. The number of nitrogens with one attached hydrogen (secondary N) is 1. The Morgan fingerprint density at radius 2 is 1.75 bits per heavy atom. The van der Waals surface area contributed by atoms with Gasteiger partial charge in [-0.15, -0.1) is 0 Å². The lowest BCUT2D eigenvalue weighted by atomic mass is 10.1. The summed E-state index contributed by atoms with van der Waals surface area (Å²) < 4.78 is 0. The maximum Gasteiger partial charge on any atom is 0.303 e. The number of aliphatic carboxylic acids is 1. The molecule has 0 heterocycles. The molecule has 1 amide bonds. The zero-order valence-electron chi connectivity index (χ0n) is 11.5. The number of rotatable bonds is 9. The first kappa shape index (κ1) is 16.2. The van der Waals surface area contributed by atoms with Gasteiger partial charge in [0.2, 0.25) is 5.91 Å². The van der Waals surface area contributed by atoms with E-state index in [0.717, 1.165) is 24.8 Å². The van der Waals surface area contributed by atoms with Crippen LogP contribution in [0.4, 0.5) is 0 Å². The lowest BCUT2D eigenvalue weighted by molar-refractivity contribution is -0.137. The van der Waals surface area contributed by atoms with Gasteiger partial charge in [-0.05, 0) is 18.4 Å². The zero-order valence-corrected chi connectivity index (χ0v) is 11.5. The molecular formula is C15H22N2O3. The molecule has 5 heteroatoms. The van der Waals surface area contributed by atoms with Gasteiger partial charge in [0.1, 0.15) is 6.04 Å². The molecule has 0 fully saturated rings. The summed E-state index contributed by atoms with van der Waals surface area (Å²) in [4.78, 5) is 22.1. The van der Waals surface area contributed by atoms with E-state index in [0.29, 0.717) is 13.0 Å². The Balaban J connectivity index is 2.13. The molecule has 0 bridgehead atoms. The van der Waals surface area contributed by atoms with Crippen molar-refractivity contribution < 1.29 is 14.7 Å². The Morgan fingerprint density at radius 1 is 1.10 bits per heavy atom. The molecule has 20 heavy (non-hydrogen) atoms. The molecule has 1 aromatic rings. The molecule has 0 aromatic heterocycles. The van der Waals surface area contributed by atoms with Crippen molar-refractivity contribution in [2.24, 2.45) is 5.73 Å².